The van der Waals surface area contributed by atoms with Gasteiger partial charge in [0.05, 0.1) is 21.7 Å². The van der Waals surface area contributed by atoms with Crippen molar-refractivity contribution in [2.24, 2.45) is 0 Å². The molecule has 5 nitrogen and oxygen atoms in total. The van der Waals surface area contributed by atoms with Crippen LogP contribution < -0.4 is 19.7 Å². The van der Waals surface area contributed by atoms with Gasteiger partial charge in [-0.2, -0.15) is 0 Å². The molecular weight excluding hydrogens is 636 g/mol. The van der Waals surface area contributed by atoms with Crippen LogP contribution in [0.15, 0.2) is 79.8 Å². The molecule has 0 radical (unpaired) electrons. The molecule has 0 saturated carbocycles. The molecule has 0 unspecified atom stereocenters. The van der Waals surface area contributed by atoms with Gasteiger partial charge >= 0.3 is 0 Å². The van der Waals surface area contributed by atoms with Gasteiger partial charge in [0, 0.05) is 10.0 Å². The van der Waals surface area contributed by atoms with E-state index in [-0.39, 0.29) is 12.5 Å². The monoisotopic (exact) mass is 650 g/mol. The minimum absolute atomic E-state index is 0.206. The molecule has 33 heavy (non-hydrogen) atoms. The number of carbonyl (C=O) groups is 1. The van der Waals surface area contributed by atoms with Crippen LogP contribution in [0.1, 0.15) is 11.1 Å². The van der Waals surface area contributed by atoms with Crippen LogP contribution in [-0.2, 0) is 11.4 Å². The molecule has 0 aromatic heterocycles. The number of amides is 1. The van der Waals surface area contributed by atoms with Gasteiger partial charge in [-0.05, 0) is 92.1 Å². The number of thiocarbonyl (C=S) groups is 1. The van der Waals surface area contributed by atoms with Crippen LogP contribution in [-0.4, -0.2) is 18.1 Å². The summed E-state index contributed by atoms with van der Waals surface area (Å²) in [5.41, 5.74) is 2.77. The summed E-state index contributed by atoms with van der Waals surface area (Å²) in [6.07, 6.45) is 1.77. The van der Waals surface area contributed by atoms with Crippen molar-refractivity contribution >= 4 is 82.8 Å². The standard InChI is InChI=1S/C24H17Br3N2O3S/c1-31-21-8-7-14(9-15(21)13-32-22-18(26)11-16(25)12-19(22)27)10-20-23(30)29(24(33)28-20)17-5-3-2-4-6-17/h2-12H,13H2,1H3,(H,28,33)/b20-10+. The highest BCUT2D eigenvalue weighted by molar-refractivity contribution is 9.11. The van der Waals surface area contributed by atoms with E-state index in [1.54, 1.807) is 13.2 Å². The third-order valence-electron chi connectivity index (χ3n) is 4.84. The van der Waals surface area contributed by atoms with Gasteiger partial charge in [0.15, 0.2) is 5.11 Å². The summed E-state index contributed by atoms with van der Waals surface area (Å²) < 4.78 is 14.1. The molecule has 1 amide bonds. The molecule has 0 bridgehead atoms. The maximum atomic E-state index is 13.0. The lowest BCUT2D eigenvalue weighted by Crippen LogP contribution is -2.30. The van der Waals surface area contributed by atoms with Crippen molar-refractivity contribution in [2.75, 3.05) is 12.0 Å². The number of hydrogen-bond donors (Lipinski definition) is 1. The zero-order valence-corrected chi connectivity index (χ0v) is 22.8. The molecule has 168 valence electrons. The molecular formula is C24H17Br3N2O3S. The van der Waals surface area contributed by atoms with Gasteiger partial charge in [-0.15, -0.1) is 0 Å². The number of rotatable bonds is 6. The Labute approximate surface area is 222 Å². The summed E-state index contributed by atoms with van der Waals surface area (Å²) >= 11 is 15.9. The second-order valence-corrected chi connectivity index (χ2v) is 10.0. The van der Waals surface area contributed by atoms with E-state index in [9.17, 15) is 4.79 Å². The van der Waals surface area contributed by atoms with E-state index in [2.05, 4.69) is 53.1 Å². The van der Waals surface area contributed by atoms with Gasteiger partial charge in [0.2, 0.25) is 0 Å². The first-order valence-electron chi connectivity index (χ1n) is 9.74. The Kier molecular flexibility index (Phi) is 7.53. The normalized spacial score (nSPS) is 14.5. The van der Waals surface area contributed by atoms with Crippen LogP contribution in [0.4, 0.5) is 5.69 Å². The number of para-hydroxylation sites is 1. The number of anilines is 1. The summed E-state index contributed by atoms with van der Waals surface area (Å²) in [7, 11) is 1.61. The Hall–Kier alpha value is -2.20. The highest BCUT2D eigenvalue weighted by Crippen LogP contribution is 2.37. The van der Waals surface area contributed by atoms with Crippen molar-refractivity contribution in [3.63, 3.8) is 0 Å². The van der Waals surface area contributed by atoms with Crippen LogP contribution in [0.5, 0.6) is 11.5 Å². The van der Waals surface area contributed by atoms with E-state index in [0.29, 0.717) is 22.3 Å². The van der Waals surface area contributed by atoms with Gasteiger partial charge in [-0.25, -0.2) is 0 Å². The smallest absolute Gasteiger partial charge is 0.281 e. The molecule has 1 fully saturated rings. The van der Waals surface area contributed by atoms with Crippen LogP contribution in [0.2, 0.25) is 0 Å². The Morgan fingerprint density at radius 1 is 1.03 bits per heavy atom. The average molecular weight is 653 g/mol. The lowest BCUT2D eigenvalue weighted by molar-refractivity contribution is -0.113. The van der Waals surface area contributed by atoms with Crippen molar-refractivity contribution < 1.29 is 14.3 Å². The van der Waals surface area contributed by atoms with Crippen molar-refractivity contribution in [1.82, 2.24) is 5.32 Å². The van der Waals surface area contributed by atoms with E-state index in [0.717, 1.165) is 30.2 Å². The number of benzene rings is 3. The molecule has 3 aromatic rings. The van der Waals surface area contributed by atoms with E-state index >= 15 is 0 Å². The molecule has 1 aliphatic heterocycles. The minimum Gasteiger partial charge on any atom is -0.496 e. The zero-order valence-electron chi connectivity index (χ0n) is 17.3. The third-order valence-corrected chi connectivity index (χ3v) is 6.76. The van der Waals surface area contributed by atoms with E-state index in [1.165, 1.54) is 4.90 Å². The first-order valence-corrected chi connectivity index (χ1v) is 12.5. The zero-order chi connectivity index (χ0) is 23.5. The molecule has 0 spiro atoms. The molecule has 1 N–H and O–H groups in total. The van der Waals surface area contributed by atoms with E-state index in [4.69, 9.17) is 21.7 Å². The summed E-state index contributed by atoms with van der Waals surface area (Å²) in [5, 5.41) is 3.36. The Morgan fingerprint density at radius 3 is 2.39 bits per heavy atom. The third kappa shape index (κ3) is 5.32. The van der Waals surface area contributed by atoms with Gasteiger partial charge in [0.25, 0.3) is 5.91 Å². The van der Waals surface area contributed by atoms with Crippen molar-refractivity contribution in [2.45, 2.75) is 6.61 Å². The SMILES string of the molecule is COc1ccc(/C=C2/NC(=S)N(c3ccccc3)C2=O)cc1COc1c(Br)cc(Br)cc1Br. The molecule has 3 aromatic carbocycles. The molecule has 0 aliphatic carbocycles. The number of nitrogens with zero attached hydrogens (tertiary/aromatic N) is 1. The number of halogens is 3. The lowest BCUT2D eigenvalue weighted by Gasteiger charge is -2.14. The number of nitrogens with one attached hydrogen (secondary N) is 1. The number of methoxy groups -OCH3 is 1. The highest BCUT2D eigenvalue weighted by Gasteiger charge is 2.31. The summed E-state index contributed by atoms with van der Waals surface area (Å²) in [6.45, 7) is 0.273. The summed E-state index contributed by atoms with van der Waals surface area (Å²) in [4.78, 5) is 14.5. The van der Waals surface area contributed by atoms with Gasteiger partial charge in [-0.1, -0.05) is 40.2 Å². The van der Waals surface area contributed by atoms with Crippen LogP contribution in [0.25, 0.3) is 6.08 Å². The maximum absolute atomic E-state index is 13.0. The largest absolute Gasteiger partial charge is 0.496 e. The van der Waals surface area contributed by atoms with Crippen molar-refractivity contribution in [3.8, 4) is 11.5 Å². The van der Waals surface area contributed by atoms with Crippen molar-refractivity contribution in [1.29, 1.82) is 0 Å². The van der Waals surface area contributed by atoms with Gasteiger partial charge < -0.3 is 14.8 Å². The van der Waals surface area contributed by atoms with Crippen LogP contribution in [0, 0.1) is 0 Å². The molecule has 0 atom stereocenters. The number of carbonyl (C=O) groups excluding carboxylic acids is 1. The van der Waals surface area contributed by atoms with Crippen LogP contribution in [0.3, 0.4) is 0 Å². The first kappa shape index (κ1) is 23.9. The minimum atomic E-state index is -0.206. The molecule has 1 saturated heterocycles. The first-order chi connectivity index (χ1) is 15.9. The Morgan fingerprint density at radius 2 is 1.73 bits per heavy atom. The fraction of sp³-hybridized carbons (Fsp3) is 0.0833. The summed E-state index contributed by atoms with van der Waals surface area (Å²) in [5.74, 6) is 1.16. The fourth-order valence-corrected chi connectivity index (χ4v) is 6.12. The molecule has 1 aliphatic rings. The Bertz CT molecular complexity index is 1240. The molecule has 4 rings (SSSR count). The van der Waals surface area contributed by atoms with Gasteiger partial charge in [-0.3, -0.25) is 9.69 Å². The predicted molar refractivity (Wildman–Crippen MR) is 145 cm³/mol. The molecule has 1 heterocycles. The fourth-order valence-electron chi connectivity index (χ4n) is 3.33. The van der Waals surface area contributed by atoms with E-state index in [1.807, 2.05) is 60.7 Å². The second kappa shape index (κ2) is 10.4. The highest BCUT2D eigenvalue weighted by atomic mass is 79.9. The molecule has 9 heteroatoms. The lowest BCUT2D eigenvalue weighted by atomic mass is 10.1. The second-order valence-electron chi connectivity index (χ2n) is 7.02. The van der Waals surface area contributed by atoms with Crippen LogP contribution >= 0.6 is 60.0 Å². The topological polar surface area (TPSA) is 50.8 Å². The maximum Gasteiger partial charge on any atom is 0.281 e. The van der Waals surface area contributed by atoms with Crippen molar-refractivity contribution in [3.05, 3.63) is 90.9 Å². The number of ether oxygens (including phenoxy) is 2. The summed E-state index contributed by atoms with van der Waals surface area (Å²) in [6, 6.07) is 18.8. The van der Waals surface area contributed by atoms with Gasteiger partial charge in [0.1, 0.15) is 23.8 Å². The number of hydrogen-bond acceptors (Lipinski definition) is 4. The van der Waals surface area contributed by atoms with E-state index < -0.39 is 0 Å². The predicted octanol–water partition coefficient (Wildman–Crippen LogP) is 6.82. The quantitative estimate of drug-likeness (QED) is 0.234. The average Bonchev–Trinajstić information content (AvgIpc) is 3.06. The Balaban J connectivity index is 1.59.